The third kappa shape index (κ3) is 4.52. The lowest BCUT2D eigenvalue weighted by Gasteiger charge is -2.32. The molecule has 2 heterocycles. The minimum atomic E-state index is -0.242. The Balaban J connectivity index is 1.44. The molecule has 1 aliphatic rings. The largest absolute Gasteiger partial charge is 0.490 e. The van der Waals surface area contributed by atoms with Gasteiger partial charge in [0.25, 0.3) is 0 Å². The first-order valence-electron chi connectivity index (χ1n) is 8.17. The molecule has 0 radical (unpaired) electrons. The molecule has 1 aromatic carbocycles. The zero-order valence-corrected chi connectivity index (χ0v) is 14.5. The summed E-state index contributed by atoms with van der Waals surface area (Å²) < 4.78 is 19.1. The van der Waals surface area contributed by atoms with Crippen LogP contribution in [0.4, 0.5) is 4.39 Å². The number of aromatic nitrogens is 1. The van der Waals surface area contributed by atoms with E-state index in [2.05, 4.69) is 23.7 Å². The van der Waals surface area contributed by atoms with E-state index < -0.39 is 0 Å². The van der Waals surface area contributed by atoms with Gasteiger partial charge in [-0.2, -0.15) is 0 Å². The highest BCUT2D eigenvalue weighted by Crippen LogP contribution is 2.21. The van der Waals surface area contributed by atoms with E-state index in [1.807, 2.05) is 6.07 Å². The van der Waals surface area contributed by atoms with E-state index in [0.717, 1.165) is 43.9 Å². The molecule has 0 unspecified atom stereocenters. The van der Waals surface area contributed by atoms with E-state index in [1.54, 1.807) is 17.4 Å². The monoisotopic (exact) mass is 334 g/mol. The van der Waals surface area contributed by atoms with Crippen molar-refractivity contribution < 1.29 is 9.13 Å². The van der Waals surface area contributed by atoms with Gasteiger partial charge in [0.2, 0.25) is 0 Å². The Morgan fingerprint density at radius 3 is 2.74 bits per heavy atom. The van der Waals surface area contributed by atoms with Gasteiger partial charge in [-0.25, -0.2) is 9.37 Å². The fourth-order valence-electron chi connectivity index (χ4n) is 3.05. The Morgan fingerprint density at radius 2 is 2.09 bits per heavy atom. The molecule has 1 aromatic heterocycles. The van der Waals surface area contributed by atoms with Crippen molar-refractivity contribution in [3.8, 4) is 5.75 Å². The molecule has 1 aliphatic heterocycles. The Labute approximate surface area is 141 Å². The predicted octanol–water partition coefficient (Wildman–Crippen LogP) is 3.98. The average molecular weight is 334 g/mol. The van der Waals surface area contributed by atoms with Crippen LogP contribution in [-0.2, 0) is 6.42 Å². The van der Waals surface area contributed by atoms with Crippen LogP contribution in [0.5, 0.6) is 5.75 Å². The third-order valence-electron chi connectivity index (χ3n) is 4.30. The van der Waals surface area contributed by atoms with Crippen LogP contribution in [0.2, 0.25) is 0 Å². The number of ether oxygens (including phenoxy) is 1. The summed E-state index contributed by atoms with van der Waals surface area (Å²) in [6.07, 6.45) is 3.19. The number of hydrogen-bond acceptors (Lipinski definition) is 4. The van der Waals surface area contributed by atoms with Crippen LogP contribution in [0.15, 0.2) is 24.3 Å². The number of rotatable bonds is 5. The van der Waals surface area contributed by atoms with Crippen molar-refractivity contribution in [2.45, 2.75) is 39.2 Å². The predicted molar refractivity (Wildman–Crippen MR) is 91.8 cm³/mol. The second-order valence-corrected chi connectivity index (χ2v) is 7.51. The standard InChI is InChI=1S/C18H23FN2OS/c1-13-18(20-14(2)23-13)8-11-21-9-6-16(7-10-21)22-17-5-3-4-15(19)12-17/h3-5,12,16H,6-11H2,1-2H3. The Bertz CT molecular complexity index is 650. The summed E-state index contributed by atoms with van der Waals surface area (Å²) in [4.78, 5) is 8.42. The van der Waals surface area contributed by atoms with Crippen LogP contribution < -0.4 is 4.74 Å². The summed E-state index contributed by atoms with van der Waals surface area (Å²) >= 11 is 1.78. The Morgan fingerprint density at radius 1 is 1.30 bits per heavy atom. The zero-order valence-electron chi connectivity index (χ0n) is 13.7. The molecule has 0 atom stereocenters. The van der Waals surface area contributed by atoms with Gasteiger partial charge < -0.3 is 9.64 Å². The van der Waals surface area contributed by atoms with Crippen LogP contribution >= 0.6 is 11.3 Å². The average Bonchev–Trinajstić information content (AvgIpc) is 2.84. The fourth-order valence-corrected chi connectivity index (χ4v) is 3.92. The molecule has 5 heteroatoms. The molecule has 23 heavy (non-hydrogen) atoms. The van der Waals surface area contributed by atoms with Crippen LogP contribution in [-0.4, -0.2) is 35.6 Å². The van der Waals surface area contributed by atoms with E-state index in [4.69, 9.17) is 4.74 Å². The number of nitrogens with zero attached hydrogens (tertiary/aromatic N) is 2. The number of piperidine rings is 1. The highest BCUT2D eigenvalue weighted by Gasteiger charge is 2.21. The van der Waals surface area contributed by atoms with Crippen molar-refractivity contribution in [2.75, 3.05) is 19.6 Å². The van der Waals surface area contributed by atoms with Crippen molar-refractivity contribution in [1.82, 2.24) is 9.88 Å². The van der Waals surface area contributed by atoms with E-state index in [1.165, 1.54) is 22.7 Å². The van der Waals surface area contributed by atoms with Gasteiger partial charge in [0.15, 0.2) is 0 Å². The molecule has 2 aromatic rings. The second-order valence-electron chi connectivity index (χ2n) is 6.10. The highest BCUT2D eigenvalue weighted by molar-refractivity contribution is 7.11. The molecule has 3 nitrogen and oxygen atoms in total. The van der Waals surface area contributed by atoms with Crippen molar-refractivity contribution in [3.05, 3.63) is 45.7 Å². The summed E-state index contributed by atoms with van der Waals surface area (Å²) in [6.45, 7) is 7.33. The smallest absolute Gasteiger partial charge is 0.126 e. The van der Waals surface area contributed by atoms with Crippen LogP contribution in [0.1, 0.15) is 28.4 Å². The lowest BCUT2D eigenvalue weighted by Crippen LogP contribution is -2.39. The van der Waals surface area contributed by atoms with E-state index in [-0.39, 0.29) is 11.9 Å². The number of thiazole rings is 1. The molecule has 1 fully saturated rings. The molecule has 124 valence electrons. The molecule has 0 spiro atoms. The van der Waals surface area contributed by atoms with E-state index >= 15 is 0 Å². The topological polar surface area (TPSA) is 25.4 Å². The molecule has 1 saturated heterocycles. The molecule has 0 N–H and O–H groups in total. The lowest BCUT2D eigenvalue weighted by atomic mass is 10.1. The van der Waals surface area contributed by atoms with E-state index in [0.29, 0.717) is 5.75 Å². The first-order chi connectivity index (χ1) is 11.1. The minimum Gasteiger partial charge on any atom is -0.490 e. The van der Waals surface area contributed by atoms with Gasteiger partial charge in [-0.3, -0.25) is 0 Å². The van der Waals surface area contributed by atoms with Crippen molar-refractivity contribution in [1.29, 1.82) is 0 Å². The first-order valence-corrected chi connectivity index (χ1v) is 8.99. The SMILES string of the molecule is Cc1nc(CCN2CCC(Oc3cccc(F)c3)CC2)c(C)s1. The Hall–Kier alpha value is -1.46. The first kappa shape index (κ1) is 16.4. The van der Waals surface area contributed by atoms with Crippen LogP contribution in [0.3, 0.4) is 0 Å². The number of hydrogen-bond donors (Lipinski definition) is 0. The normalized spacial score (nSPS) is 16.7. The van der Waals surface area contributed by atoms with Gasteiger partial charge in [0.1, 0.15) is 17.7 Å². The lowest BCUT2D eigenvalue weighted by molar-refractivity contribution is 0.101. The maximum absolute atomic E-state index is 13.2. The van der Waals surface area contributed by atoms with Crippen molar-refractivity contribution in [2.24, 2.45) is 0 Å². The van der Waals surface area contributed by atoms with Gasteiger partial charge in [0.05, 0.1) is 10.7 Å². The molecule has 0 aliphatic carbocycles. The summed E-state index contributed by atoms with van der Waals surface area (Å²) in [5.41, 5.74) is 1.24. The van der Waals surface area contributed by atoms with Crippen LogP contribution in [0.25, 0.3) is 0 Å². The maximum Gasteiger partial charge on any atom is 0.126 e. The summed E-state index contributed by atoms with van der Waals surface area (Å²) in [5.74, 6) is 0.394. The number of halogens is 1. The van der Waals surface area contributed by atoms with Gasteiger partial charge in [-0.05, 0) is 38.8 Å². The van der Waals surface area contributed by atoms with Gasteiger partial charge >= 0.3 is 0 Å². The summed E-state index contributed by atoms with van der Waals surface area (Å²) in [7, 11) is 0. The zero-order chi connectivity index (χ0) is 16.2. The Kier molecular flexibility index (Phi) is 5.28. The fraction of sp³-hybridized carbons (Fsp3) is 0.500. The minimum absolute atomic E-state index is 0.191. The number of aryl methyl sites for hydroxylation is 2. The molecule has 0 bridgehead atoms. The maximum atomic E-state index is 13.2. The van der Waals surface area contributed by atoms with Gasteiger partial charge in [0, 0.05) is 37.0 Å². The quantitative estimate of drug-likeness (QED) is 0.827. The molecule has 3 rings (SSSR count). The second kappa shape index (κ2) is 7.41. The van der Waals surface area contributed by atoms with Gasteiger partial charge in [-0.1, -0.05) is 6.07 Å². The molecule has 0 saturated carbocycles. The number of benzene rings is 1. The van der Waals surface area contributed by atoms with Crippen molar-refractivity contribution in [3.63, 3.8) is 0 Å². The van der Waals surface area contributed by atoms with Crippen molar-refractivity contribution >= 4 is 11.3 Å². The molecule has 0 amide bonds. The van der Waals surface area contributed by atoms with Crippen LogP contribution in [0, 0.1) is 19.7 Å². The third-order valence-corrected chi connectivity index (χ3v) is 5.23. The molecular formula is C18H23FN2OS. The highest BCUT2D eigenvalue weighted by atomic mass is 32.1. The summed E-state index contributed by atoms with van der Waals surface area (Å²) in [5, 5.41) is 1.15. The summed E-state index contributed by atoms with van der Waals surface area (Å²) in [6, 6.07) is 6.41. The molecular weight excluding hydrogens is 311 g/mol. The van der Waals surface area contributed by atoms with Gasteiger partial charge in [-0.15, -0.1) is 11.3 Å². The number of likely N-dealkylation sites (tertiary alicyclic amines) is 1. The van der Waals surface area contributed by atoms with E-state index in [9.17, 15) is 4.39 Å².